The first-order valence-corrected chi connectivity index (χ1v) is 9.25. The molecule has 4 aromatic heterocycles. The quantitative estimate of drug-likeness (QED) is 0.494. The molecule has 9 heteroatoms. The minimum Gasteiger partial charge on any atom is -0.328 e. The summed E-state index contributed by atoms with van der Waals surface area (Å²) in [6.45, 7) is 1.64. The first kappa shape index (κ1) is 16.1. The zero-order chi connectivity index (χ0) is 18.4. The standard InChI is InChI=1S/C18H14BrN7O/c19-13-1-2-14-9-15(23-26(14)10-13)18(27)24-7-8-25-16(11-24)21-22-17(25)12-3-5-20-6-4-12/h1-6,9-10H,7-8,11H2. The van der Waals surface area contributed by atoms with Gasteiger partial charge in [0.05, 0.1) is 12.1 Å². The van der Waals surface area contributed by atoms with Crippen LogP contribution in [-0.4, -0.2) is 46.7 Å². The summed E-state index contributed by atoms with van der Waals surface area (Å²) in [4.78, 5) is 18.7. The summed E-state index contributed by atoms with van der Waals surface area (Å²) < 4.78 is 4.66. The summed E-state index contributed by atoms with van der Waals surface area (Å²) >= 11 is 3.42. The maximum absolute atomic E-state index is 12.9. The summed E-state index contributed by atoms with van der Waals surface area (Å²) in [5, 5.41) is 13.0. The van der Waals surface area contributed by atoms with Gasteiger partial charge in [-0.05, 0) is 46.3 Å². The van der Waals surface area contributed by atoms with Crippen LogP contribution in [0.3, 0.4) is 0 Å². The molecule has 8 nitrogen and oxygen atoms in total. The molecule has 0 atom stereocenters. The fourth-order valence-corrected chi connectivity index (χ4v) is 3.60. The summed E-state index contributed by atoms with van der Waals surface area (Å²) in [7, 11) is 0. The number of pyridine rings is 2. The third-order valence-corrected chi connectivity index (χ3v) is 5.09. The van der Waals surface area contributed by atoms with Gasteiger partial charge in [-0.3, -0.25) is 9.78 Å². The Morgan fingerprint density at radius 3 is 2.78 bits per heavy atom. The Kier molecular flexibility index (Phi) is 3.75. The molecule has 27 heavy (non-hydrogen) atoms. The molecule has 1 aliphatic rings. The first-order valence-electron chi connectivity index (χ1n) is 8.46. The number of hydrogen-bond donors (Lipinski definition) is 0. The molecule has 1 aliphatic heterocycles. The Hall–Kier alpha value is -3.07. The van der Waals surface area contributed by atoms with Crippen LogP contribution >= 0.6 is 15.9 Å². The summed E-state index contributed by atoms with van der Waals surface area (Å²) in [6, 6.07) is 9.46. The minimum atomic E-state index is -0.102. The number of rotatable bonds is 2. The highest BCUT2D eigenvalue weighted by Gasteiger charge is 2.27. The highest BCUT2D eigenvalue weighted by Crippen LogP contribution is 2.22. The lowest BCUT2D eigenvalue weighted by atomic mass is 10.2. The Bertz CT molecular complexity index is 1150. The molecule has 0 bridgehead atoms. The molecule has 0 saturated heterocycles. The highest BCUT2D eigenvalue weighted by atomic mass is 79.9. The number of aromatic nitrogens is 6. The smallest absolute Gasteiger partial charge is 0.274 e. The molecule has 0 unspecified atom stereocenters. The lowest BCUT2D eigenvalue weighted by molar-refractivity contribution is 0.0701. The van der Waals surface area contributed by atoms with Gasteiger partial charge < -0.3 is 9.47 Å². The van der Waals surface area contributed by atoms with E-state index in [1.165, 1.54) is 0 Å². The molecule has 0 aliphatic carbocycles. The normalized spacial score (nSPS) is 13.7. The van der Waals surface area contributed by atoms with Crippen LogP contribution in [0.15, 0.2) is 53.4 Å². The predicted molar refractivity (Wildman–Crippen MR) is 101 cm³/mol. The van der Waals surface area contributed by atoms with Crippen molar-refractivity contribution < 1.29 is 4.79 Å². The Balaban J connectivity index is 1.42. The van der Waals surface area contributed by atoms with Crippen molar-refractivity contribution in [2.45, 2.75) is 13.1 Å². The Morgan fingerprint density at radius 2 is 1.93 bits per heavy atom. The molecule has 0 N–H and O–H groups in total. The van der Waals surface area contributed by atoms with Crippen LogP contribution in [0.2, 0.25) is 0 Å². The van der Waals surface area contributed by atoms with Crippen molar-refractivity contribution in [1.82, 2.24) is 34.3 Å². The van der Waals surface area contributed by atoms with E-state index in [1.807, 2.05) is 30.5 Å². The molecule has 0 fully saturated rings. The predicted octanol–water partition coefficient (Wildman–Crippen LogP) is 2.41. The number of halogens is 1. The van der Waals surface area contributed by atoms with Crippen molar-refractivity contribution >= 4 is 27.4 Å². The average molecular weight is 424 g/mol. The SMILES string of the molecule is O=C(c1cc2ccc(Br)cn2n1)N1CCn2c(nnc2-c2ccncc2)C1. The number of fused-ring (bicyclic) bond motifs is 2. The monoisotopic (exact) mass is 423 g/mol. The average Bonchev–Trinajstić information content (AvgIpc) is 3.31. The Labute approximate surface area is 162 Å². The van der Waals surface area contributed by atoms with Crippen molar-refractivity contribution in [3.63, 3.8) is 0 Å². The van der Waals surface area contributed by atoms with Gasteiger partial charge in [0.1, 0.15) is 0 Å². The molecular weight excluding hydrogens is 410 g/mol. The molecule has 0 aromatic carbocycles. The van der Waals surface area contributed by atoms with Crippen LogP contribution in [0.5, 0.6) is 0 Å². The van der Waals surface area contributed by atoms with Gasteiger partial charge in [-0.15, -0.1) is 10.2 Å². The van der Waals surface area contributed by atoms with Crippen LogP contribution in [0.4, 0.5) is 0 Å². The molecule has 134 valence electrons. The second-order valence-electron chi connectivity index (χ2n) is 6.30. The van der Waals surface area contributed by atoms with Gasteiger partial charge in [-0.1, -0.05) is 0 Å². The van der Waals surface area contributed by atoms with Crippen LogP contribution in [0.25, 0.3) is 16.9 Å². The van der Waals surface area contributed by atoms with E-state index in [-0.39, 0.29) is 5.91 Å². The van der Waals surface area contributed by atoms with E-state index in [0.29, 0.717) is 25.3 Å². The van der Waals surface area contributed by atoms with Gasteiger partial charge >= 0.3 is 0 Å². The van der Waals surface area contributed by atoms with Gasteiger partial charge in [0.15, 0.2) is 17.3 Å². The summed E-state index contributed by atoms with van der Waals surface area (Å²) in [5.74, 6) is 1.47. The van der Waals surface area contributed by atoms with Crippen molar-refractivity contribution in [2.75, 3.05) is 6.54 Å². The Morgan fingerprint density at radius 1 is 1.07 bits per heavy atom. The molecule has 0 spiro atoms. The molecule has 5 rings (SSSR count). The van der Waals surface area contributed by atoms with E-state index >= 15 is 0 Å². The second-order valence-corrected chi connectivity index (χ2v) is 7.22. The zero-order valence-electron chi connectivity index (χ0n) is 14.2. The van der Waals surface area contributed by atoms with E-state index in [9.17, 15) is 4.79 Å². The zero-order valence-corrected chi connectivity index (χ0v) is 15.7. The molecular formula is C18H14BrN7O. The van der Waals surface area contributed by atoms with E-state index in [2.05, 4.69) is 40.8 Å². The van der Waals surface area contributed by atoms with Gasteiger partial charge in [-0.25, -0.2) is 4.52 Å². The van der Waals surface area contributed by atoms with Crippen LogP contribution in [-0.2, 0) is 13.1 Å². The number of nitrogens with zero attached hydrogens (tertiary/aromatic N) is 7. The van der Waals surface area contributed by atoms with E-state index in [0.717, 1.165) is 27.2 Å². The minimum absolute atomic E-state index is 0.102. The lowest BCUT2D eigenvalue weighted by Gasteiger charge is -2.27. The molecule has 1 amide bonds. The molecule has 5 heterocycles. The number of hydrogen-bond acceptors (Lipinski definition) is 5. The van der Waals surface area contributed by atoms with Crippen LogP contribution in [0, 0.1) is 0 Å². The van der Waals surface area contributed by atoms with Gasteiger partial charge in [0.25, 0.3) is 5.91 Å². The van der Waals surface area contributed by atoms with E-state index in [1.54, 1.807) is 27.9 Å². The number of amides is 1. The van der Waals surface area contributed by atoms with Crippen molar-refractivity contribution in [2.24, 2.45) is 0 Å². The summed E-state index contributed by atoms with van der Waals surface area (Å²) in [5.41, 5.74) is 2.27. The van der Waals surface area contributed by atoms with Crippen LogP contribution in [0.1, 0.15) is 16.3 Å². The maximum Gasteiger partial charge on any atom is 0.274 e. The van der Waals surface area contributed by atoms with E-state index < -0.39 is 0 Å². The van der Waals surface area contributed by atoms with Crippen molar-refractivity contribution in [3.8, 4) is 11.4 Å². The molecule has 0 radical (unpaired) electrons. The molecule has 0 saturated carbocycles. The maximum atomic E-state index is 12.9. The van der Waals surface area contributed by atoms with Gasteiger partial charge in [-0.2, -0.15) is 5.10 Å². The molecule has 4 aromatic rings. The topological polar surface area (TPSA) is 81.2 Å². The van der Waals surface area contributed by atoms with Gasteiger partial charge in [0.2, 0.25) is 0 Å². The highest BCUT2D eigenvalue weighted by molar-refractivity contribution is 9.10. The van der Waals surface area contributed by atoms with E-state index in [4.69, 9.17) is 0 Å². The second kappa shape index (κ2) is 6.27. The van der Waals surface area contributed by atoms with Gasteiger partial charge in [0, 0.05) is 41.7 Å². The number of carbonyl (C=O) groups excluding carboxylic acids is 1. The lowest BCUT2D eigenvalue weighted by Crippen LogP contribution is -2.38. The first-order chi connectivity index (χ1) is 13.2. The van der Waals surface area contributed by atoms with Crippen molar-refractivity contribution in [3.05, 3.63) is 64.9 Å². The summed E-state index contributed by atoms with van der Waals surface area (Å²) in [6.07, 6.45) is 5.30. The fraction of sp³-hybridized carbons (Fsp3) is 0.167. The third kappa shape index (κ3) is 2.80. The van der Waals surface area contributed by atoms with Crippen LogP contribution < -0.4 is 0 Å². The fourth-order valence-electron chi connectivity index (χ4n) is 3.27. The third-order valence-electron chi connectivity index (χ3n) is 4.62. The number of carbonyl (C=O) groups is 1. The largest absolute Gasteiger partial charge is 0.328 e. The van der Waals surface area contributed by atoms with Crippen molar-refractivity contribution in [1.29, 1.82) is 0 Å².